The Morgan fingerprint density at radius 2 is 1.85 bits per heavy atom. The molecular weight excluding hydrogens is 569 g/mol. The van der Waals surface area contributed by atoms with Crippen molar-refractivity contribution >= 4 is 24.5 Å². The number of rotatable bonds is 16. The number of carbonyl (C=O) groups is 2. The lowest BCUT2D eigenvalue weighted by Crippen LogP contribution is -2.51. The van der Waals surface area contributed by atoms with Crippen LogP contribution in [-0.4, -0.2) is 92.1 Å². The fourth-order valence-electron chi connectivity index (χ4n) is 3.55. The molecule has 0 bridgehead atoms. The van der Waals surface area contributed by atoms with Crippen molar-refractivity contribution < 1.29 is 61.3 Å². The minimum Gasteiger partial charge on any atom is -0.461 e. The molecule has 4 unspecified atom stereocenters. The average molecular weight is 602 g/mol. The minimum absolute atomic E-state index is 0.0789. The number of hydrogen-bond acceptors (Lipinski definition) is 13. The molecule has 4 N–H and O–H groups in total. The third kappa shape index (κ3) is 10.6. The molecule has 1 amide bonds. The number of ether oxygens (including phenoxy) is 5. The Bertz CT molecular complexity index is 1110. The largest absolute Gasteiger partial charge is 0.495 e. The highest BCUT2D eigenvalue weighted by molar-refractivity contribution is 7.90. The zero-order valence-corrected chi connectivity index (χ0v) is 22.9. The van der Waals surface area contributed by atoms with Crippen LogP contribution in [-0.2, 0) is 25.6 Å². The summed E-state index contributed by atoms with van der Waals surface area (Å²) in [6.07, 6.45) is -6.53. The van der Waals surface area contributed by atoms with E-state index in [4.69, 9.17) is 27.3 Å². The second-order valence-electron chi connectivity index (χ2n) is 8.63. The number of benzene rings is 2. The smallest absolute Gasteiger partial charge is 0.461 e. The Labute approximate surface area is 239 Å². The molecule has 0 saturated carbocycles. The minimum atomic E-state index is -1.88. The summed E-state index contributed by atoms with van der Waals surface area (Å²) in [5.74, 6) is 0.165. The highest BCUT2D eigenvalue weighted by atomic mass is 32.2. The van der Waals surface area contributed by atoms with Gasteiger partial charge in [0.05, 0.1) is 32.5 Å². The van der Waals surface area contributed by atoms with Crippen LogP contribution in [0.1, 0.15) is 22.3 Å². The first-order chi connectivity index (χ1) is 19.8. The monoisotopic (exact) mass is 601 g/mol. The molecule has 0 aliphatic carbocycles. The van der Waals surface area contributed by atoms with Crippen LogP contribution in [0, 0.1) is 0 Å². The van der Waals surface area contributed by atoms with Crippen molar-refractivity contribution in [3.05, 3.63) is 53.6 Å². The van der Waals surface area contributed by atoms with Gasteiger partial charge in [-0.15, -0.1) is 4.39 Å². The SMILES string of the molecule is COCCOCCNC(=O)c1ccc(OC2CC(O)C(O)C(CO)O2)c(OSOc2ccc(COC(=O)F)cc2)c1. The van der Waals surface area contributed by atoms with E-state index in [1.165, 1.54) is 18.2 Å². The Morgan fingerprint density at radius 3 is 2.56 bits per heavy atom. The number of methoxy groups -OCH3 is 1. The van der Waals surface area contributed by atoms with Gasteiger partial charge in [0, 0.05) is 25.6 Å². The molecule has 13 nitrogen and oxygen atoms in total. The fraction of sp³-hybridized carbons (Fsp3) is 0.462. The topological polar surface area (TPSA) is 171 Å². The maximum Gasteiger partial charge on any atom is 0.495 e. The predicted molar refractivity (Wildman–Crippen MR) is 141 cm³/mol. The molecule has 0 aromatic heterocycles. The summed E-state index contributed by atoms with van der Waals surface area (Å²) in [5.41, 5.74) is 0.776. The maximum absolute atomic E-state index is 12.7. The van der Waals surface area contributed by atoms with Crippen LogP contribution in [0.4, 0.5) is 9.18 Å². The third-order valence-corrected chi connectivity index (χ3v) is 6.18. The molecule has 0 spiro atoms. The Balaban J connectivity index is 1.66. The van der Waals surface area contributed by atoms with Gasteiger partial charge >= 0.3 is 6.22 Å². The van der Waals surface area contributed by atoms with Gasteiger partial charge in [0.2, 0.25) is 6.29 Å². The van der Waals surface area contributed by atoms with E-state index in [0.717, 1.165) is 0 Å². The average Bonchev–Trinajstić information content (AvgIpc) is 2.96. The van der Waals surface area contributed by atoms with Crippen LogP contribution in [0.5, 0.6) is 17.2 Å². The van der Waals surface area contributed by atoms with Gasteiger partial charge in [-0.05, 0) is 35.9 Å². The van der Waals surface area contributed by atoms with Gasteiger partial charge in [-0.25, -0.2) is 4.79 Å². The van der Waals surface area contributed by atoms with Crippen molar-refractivity contribution in [1.82, 2.24) is 5.32 Å². The van der Waals surface area contributed by atoms with Crippen molar-refractivity contribution in [3.8, 4) is 17.2 Å². The van der Waals surface area contributed by atoms with E-state index >= 15 is 0 Å². The molecule has 2 aromatic rings. The first-order valence-electron chi connectivity index (χ1n) is 12.5. The molecule has 1 saturated heterocycles. The molecule has 1 fully saturated rings. The lowest BCUT2D eigenvalue weighted by atomic mass is 10.0. The van der Waals surface area contributed by atoms with Crippen LogP contribution < -0.4 is 18.4 Å². The lowest BCUT2D eigenvalue weighted by Gasteiger charge is -2.36. The zero-order chi connectivity index (χ0) is 29.6. The quantitative estimate of drug-likeness (QED) is 0.125. The Hall–Kier alpha value is -3.18. The van der Waals surface area contributed by atoms with E-state index in [0.29, 0.717) is 36.9 Å². The van der Waals surface area contributed by atoms with Crippen LogP contribution in [0.15, 0.2) is 42.5 Å². The highest BCUT2D eigenvalue weighted by Gasteiger charge is 2.37. The van der Waals surface area contributed by atoms with Crippen molar-refractivity contribution in [2.75, 3.05) is 40.1 Å². The number of aliphatic hydroxyl groups excluding tert-OH is 3. The summed E-state index contributed by atoms with van der Waals surface area (Å²) < 4.78 is 49.3. The second kappa shape index (κ2) is 16.9. The zero-order valence-electron chi connectivity index (χ0n) is 22.1. The van der Waals surface area contributed by atoms with E-state index < -0.39 is 43.3 Å². The number of hydrogen-bond donors (Lipinski definition) is 4. The summed E-state index contributed by atoms with van der Waals surface area (Å²) in [4.78, 5) is 23.0. The predicted octanol–water partition coefficient (Wildman–Crippen LogP) is 1.91. The lowest BCUT2D eigenvalue weighted by molar-refractivity contribution is -0.230. The van der Waals surface area contributed by atoms with Crippen molar-refractivity contribution in [2.24, 2.45) is 0 Å². The second-order valence-corrected chi connectivity index (χ2v) is 9.10. The normalized spacial score (nSPS) is 20.2. The third-order valence-electron chi connectivity index (χ3n) is 5.67. The van der Waals surface area contributed by atoms with Gasteiger partial charge in [-0.2, -0.15) is 0 Å². The van der Waals surface area contributed by atoms with Gasteiger partial charge < -0.3 is 52.7 Å². The van der Waals surface area contributed by atoms with E-state index in [1.54, 1.807) is 31.4 Å². The summed E-state index contributed by atoms with van der Waals surface area (Å²) in [6.45, 7) is 0.613. The van der Waals surface area contributed by atoms with Crippen LogP contribution >= 0.6 is 12.3 Å². The standard InChI is InChI=1S/C26H32FNO12S/c1-34-10-11-35-9-8-28-25(32)17-4-7-20(37-23-13-19(30)24(31)22(14-29)38-23)21(12-17)40-41-39-18-5-2-16(3-6-18)15-36-26(27)33/h2-7,12,19,22-24,29-31H,8-11,13-15H2,1H3,(H,28,32). The van der Waals surface area contributed by atoms with Crippen LogP contribution in [0.3, 0.4) is 0 Å². The first-order valence-corrected chi connectivity index (χ1v) is 13.2. The molecule has 4 atom stereocenters. The molecule has 1 aliphatic heterocycles. The summed E-state index contributed by atoms with van der Waals surface area (Å²) >= 11 is 0.556. The molecule has 3 rings (SSSR count). The Morgan fingerprint density at radius 1 is 1.07 bits per heavy atom. The first kappa shape index (κ1) is 32.3. The number of aliphatic hydroxyl groups is 3. The molecule has 1 heterocycles. The molecule has 226 valence electrons. The summed E-state index contributed by atoms with van der Waals surface area (Å²) in [7, 11) is 1.56. The van der Waals surface area contributed by atoms with Crippen LogP contribution in [0.25, 0.3) is 0 Å². The van der Waals surface area contributed by atoms with Gasteiger partial charge in [0.1, 0.15) is 24.6 Å². The fourth-order valence-corrected chi connectivity index (χ4v) is 3.98. The maximum atomic E-state index is 12.7. The van der Waals surface area contributed by atoms with Crippen molar-refractivity contribution in [3.63, 3.8) is 0 Å². The number of nitrogens with one attached hydrogen (secondary N) is 1. The number of amides is 1. The number of halogens is 1. The van der Waals surface area contributed by atoms with E-state index in [-0.39, 0.29) is 43.2 Å². The number of carbonyl (C=O) groups excluding carboxylic acids is 2. The van der Waals surface area contributed by atoms with Gasteiger partial charge in [-0.1, -0.05) is 12.1 Å². The van der Waals surface area contributed by atoms with E-state index in [2.05, 4.69) is 10.1 Å². The van der Waals surface area contributed by atoms with E-state index in [9.17, 15) is 29.3 Å². The molecule has 0 radical (unpaired) electrons. The van der Waals surface area contributed by atoms with Crippen molar-refractivity contribution in [1.29, 1.82) is 0 Å². The van der Waals surface area contributed by atoms with Gasteiger partial charge in [-0.3, -0.25) is 4.79 Å². The highest BCUT2D eigenvalue weighted by Crippen LogP contribution is 2.34. The van der Waals surface area contributed by atoms with Crippen molar-refractivity contribution in [2.45, 2.75) is 37.6 Å². The van der Waals surface area contributed by atoms with Gasteiger partial charge in [0.25, 0.3) is 18.2 Å². The Kier molecular flexibility index (Phi) is 13.4. The molecular formula is C26H32FNO12S. The van der Waals surface area contributed by atoms with Crippen LogP contribution in [0.2, 0.25) is 0 Å². The molecule has 1 aliphatic rings. The van der Waals surface area contributed by atoms with Gasteiger partial charge in [0.15, 0.2) is 11.5 Å². The summed E-state index contributed by atoms with van der Waals surface area (Å²) in [6, 6.07) is 10.6. The summed E-state index contributed by atoms with van der Waals surface area (Å²) in [5, 5.41) is 32.3. The molecule has 41 heavy (non-hydrogen) atoms. The molecule has 2 aromatic carbocycles. The molecule has 15 heteroatoms. The van der Waals surface area contributed by atoms with E-state index in [1.807, 2.05) is 0 Å².